The fourth-order valence-corrected chi connectivity index (χ4v) is 10.5. The van der Waals surface area contributed by atoms with Crippen LogP contribution in [0.15, 0.2) is 24.3 Å². The second-order valence-electron chi connectivity index (χ2n) is 14.8. The van der Waals surface area contributed by atoms with Crippen molar-refractivity contribution in [3.63, 3.8) is 0 Å². The second-order valence-corrected chi connectivity index (χ2v) is 19.6. The summed E-state index contributed by atoms with van der Waals surface area (Å²) in [6, 6.07) is 4.48. The first-order valence-corrected chi connectivity index (χ1v) is 24.5. The summed E-state index contributed by atoms with van der Waals surface area (Å²) in [6.45, 7) is -1.92. The first kappa shape index (κ1) is 65.4. The van der Waals surface area contributed by atoms with E-state index in [9.17, 15) is 81.2 Å². The summed E-state index contributed by atoms with van der Waals surface area (Å²) in [6.07, 6.45) is -25.4. The van der Waals surface area contributed by atoms with E-state index in [4.69, 9.17) is 18.9 Å². The number of nitrogens with one attached hydrogen (secondary N) is 3. The van der Waals surface area contributed by atoms with Gasteiger partial charge in [0.1, 0.15) is 61.0 Å². The third-order valence-corrected chi connectivity index (χ3v) is 13.7. The minimum absolute atomic E-state index is 0. The van der Waals surface area contributed by atoms with Crippen LogP contribution >= 0.6 is 21.6 Å². The molecule has 366 valence electrons. The predicted molar refractivity (Wildman–Crippen MR) is 214 cm³/mol. The van der Waals surface area contributed by atoms with Crippen molar-refractivity contribution < 1.29 is 197 Å². The van der Waals surface area contributed by atoms with Crippen LogP contribution in [0.3, 0.4) is 0 Å². The predicted octanol–water partition coefficient (Wildman–Crippen LogP) is -14.3. The van der Waals surface area contributed by atoms with Crippen molar-refractivity contribution in [1.82, 2.24) is 5.32 Å². The third kappa shape index (κ3) is 21.4. The number of carboxylic acid groups (broad SMARTS) is 1. The second kappa shape index (κ2) is 30.6. The molecule has 3 aliphatic heterocycles. The van der Waals surface area contributed by atoms with Crippen LogP contribution in [-0.2, 0) is 62.5 Å². The fraction of sp³-hybridized carbons (Fsp3) is 0.735. The zero-order chi connectivity index (χ0) is 47.5. The summed E-state index contributed by atoms with van der Waals surface area (Å²) < 4.78 is 98.3. The van der Waals surface area contributed by atoms with Gasteiger partial charge in [-0.3, -0.25) is 18.0 Å². The molecule has 10 N–H and O–H groups in total. The molecule has 3 aliphatic rings. The summed E-state index contributed by atoms with van der Waals surface area (Å²) >= 11 is 0. The number of aliphatic hydroxyl groups excluding tert-OH is 7. The fourth-order valence-electron chi connectivity index (χ4n) is 6.67. The molecule has 1 aromatic carbocycles. The number of carbonyl (C=O) groups is 3. The van der Waals surface area contributed by atoms with Crippen molar-refractivity contribution in [3.8, 4) is 0 Å². The molecule has 0 aliphatic carbocycles. The van der Waals surface area contributed by atoms with E-state index in [0.29, 0.717) is 23.0 Å². The van der Waals surface area contributed by atoms with Crippen molar-refractivity contribution in [2.75, 3.05) is 36.1 Å². The Morgan fingerprint density at radius 3 is 2.13 bits per heavy atom. The van der Waals surface area contributed by atoms with E-state index >= 15 is 0 Å². The molecule has 33 heteroatoms. The Labute approximate surface area is 459 Å². The minimum atomic E-state index is -5.81. The average Bonchev–Trinajstić information content (AvgIpc) is 3.74. The van der Waals surface area contributed by atoms with E-state index < -0.39 is 138 Å². The molecular formula is C34H50N3Na3O23S4. The molecule has 0 bridgehead atoms. The van der Waals surface area contributed by atoms with Gasteiger partial charge >= 0.3 is 88.7 Å². The largest absolute Gasteiger partial charge is 1.00 e. The van der Waals surface area contributed by atoms with Crippen LogP contribution in [0.4, 0.5) is 11.4 Å². The van der Waals surface area contributed by atoms with Gasteiger partial charge in [-0.1, -0.05) is 34.1 Å². The summed E-state index contributed by atoms with van der Waals surface area (Å²) in [4.78, 5) is 36.5. The van der Waals surface area contributed by atoms with Crippen molar-refractivity contribution in [1.29, 1.82) is 0 Å². The molecule has 0 saturated carbocycles. The maximum atomic E-state index is 12.5. The number of ether oxygens (including phenoxy) is 4. The van der Waals surface area contributed by atoms with E-state index in [-0.39, 0.29) is 94.6 Å². The number of anilines is 2. The Bertz CT molecular complexity index is 1930. The zero-order valence-corrected chi connectivity index (χ0v) is 45.9. The van der Waals surface area contributed by atoms with Crippen LogP contribution in [0.1, 0.15) is 39.0 Å². The van der Waals surface area contributed by atoms with Gasteiger partial charge in [-0.15, -0.1) is 0 Å². The Morgan fingerprint density at radius 2 is 1.54 bits per heavy atom. The van der Waals surface area contributed by atoms with Gasteiger partial charge in [0, 0.05) is 42.3 Å². The normalized spacial score (nSPS) is 29.4. The number of carboxylic acids is 1. The first-order valence-electron chi connectivity index (χ1n) is 19.4. The Balaban J connectivity index is 0.00000748. The van der Waals surface area contributed by atoms with Crippen molar-refractivity contribution in [3.05, 3.63) is 24.3 Å². The van der Waals surface area contributed by atoms with E-state index in [2.05, 4.69) is 24.3 Å². The standard InChI is InChI=1S/C34H53N3O23S4.3Na/c1-15(38)36-23-29(58-34-31(60-64(52,53)54)28(46)27(45)30(59-34)32(47)48)26(44)21(14-56-63(49,50)51)57-33(23)55-13-20(40)25(43)24(42)19(39)12-35-16-5-4-6-17(11-16)37-22(41)8-3-2-7-18-9-10-61-62-18;;;/h4-6,11,18-21,23-31,33-35,39-40,42-46H,2-3,7-10,12-14H2,1H3,(H,36,38)(H,37,41)(H,47,48)(H,49,50,51)(H,52,53,54);;;/q;3*+1/p-3/t18?,19-,20+,21+,23+,24+,25+,26-,27-,28-,29+,30-,31+,33-,34+;;;/m0.../s1. The topological polar surface area (TPSA) is 422 Å². The van der Waals surface area contributed by atoms with E-state index in [0.717, 1.165) is 38.4 Å². The molecule has 0 aromatic heterocycles. The SMILES string of the molecule is CC(=O)N[C@H]1[C@@H](OC[C@@H](O)[C@@H](O)[C@H](O)[C@@H](O)CNc2cccc(NC(=O)CCCCC3CCSS3)c2)O[C@H](COS(=O)(=O)[O-])[C@H](O)[C@@H]1O[C@@H]1O[C@H](C(=O)[O-])[C@@H](O)[C@H](O)[C@H]1OS(=O)(=O)[O-].[Na+].[Na+].[Na+]. The van der Waals surface area contributed by atoms with Crippen LogP contribution in [0.5, 0.6) is 0 Å². The maximum absolute atomic E-state index is 12.5. The Kier molecular flexibility index (Phi) is 29.9. The molecule has 1 aromatic rings. The third-order valence-electron chi connectivity index (χ3n) is 9.86. The number of rotatable bonds is 24. The number of amides is 2. The summed E-state index contributed by atoms with van der Waals surface area (Å²) in [7, 11) is -7.59. The van der Waals surface area contributed by atoms with Crippen LogP contribution < -0.4 is 110 Å². The van der Waals surface area contributed by atoms with E-state index in [1.54, 1.807) is 24.3 Å². The van der Waals surface area contributed by atoms with Crippen molar-refractivity contribution >= 4 is 71.5 Å². The first-order chi connectivity index (χ1) is 29.9. The maximum Gasteiger partial charge on any atom is 1.00 e. The smallest absolute Gasteiger partial charge is 0.726 e. The van der Waals surface area contributed by atoms with Gasteiger partial charge in [-0.05, 0) is 37.5 Å². The number of benzene rings is 1. The number of aliphatic carboxylic acids is 1. The van der Waals surface area contributed by atoms with E-state index in [1.807, 2.05) is 21.6 Å². The van der Waals surface area contributed by atoms with E-state index in [1.165, 1.54) is 0 Å². The van der Waals surface area contributed by atoms with Crippen molar-refractivity contribution in [2.24, 2.45) is 0 Å². The van der Waals surface area contributed by atoms with Gasteiger partial charge in [-0.25, -0.2) is 16.8 Å². The number of unbranched alkanes of at least 4 members (excludes halogenated alkanes) is 1. The zero-order valence-electron chi connectivity index (χ0n) is 36.6. The molecule has 0 spiro atoms. The number of aliphatic hydroxyl groups is 7. The number of carbonyl (C=O) groups excluding carboxylic acids is 3. The molecular weight excluding hydrogens is 1020 g/mol. The minimum Gasteiger partial charge on any atom is -0.726 e. The van der Waals surface area contributed by atoms with Gasteiger partial charge in [-0.2, -0.15) is 0 Å². The van der Waals surface area contributed by atoms with Gasteiger partial charge < -0.3 is 89.7 Å². The molecule has 0 radical (unpaired) electrons. The summed E-state index contributed by atoms with van der Waals surface area (Å²) in [5.74, 6) is -2.23. The number of hydrogen-bond donors (Lipinski definition) is 10. The Morgan fingerprint density at radius 1 is 0.881 bits per heavy atom. The van der Waals surface area contributed by atoms with Crippen LogP contribution in [0.2, 0.25) is 0 Å². The molecule has 3 heterocycles. The molecule has 1 unspecified atom stereocenters. The molecule has 4 rings (SSSR count). The Hall–Kier alpha value is 0.430. The quantitative estimate of drug-likeness (QED) is 0.0151. The van der Waals surface area contributed by atoms with Crippen LogP contribution in [0.25, 0.3) is 0 Å². The van der Waals surface area contributed by atoms with Crippen LogP contribution in [-0.4, -0.2) is 196 Å². The van der Waals surface area contributed by atoms with Gasteiger partial charge in [0.2, 0.25) is 32.6 Å². The summed E-state index contributed by atoms with van der Waals surface area (Å²) in [5.41, 5.74) is 0.838. The molecule has 67 heavy (non-hydrogen) atoms. The summed E-state index contributed by atoms with van der Waals surface area (Å²) in [5, 5.41) is 94.9. The molecule has 3 saturated heterocycles. The number of hydrogen-bond acceptors (Lipinski definition) is 26. The van der Waals surface area contributed by atoms with Crippen LogP contribution in [0, 0.1) is 0 Å². The molecule has 26 nitrogen and oxygen atoms in total. The molecule has 3 fully saturated rings. The van der Waals surface area contributed by atoms with Gasteiger partial charge in [0.05, 0.1) is 25.3 Å². The van der Waals surface area contributed by atoms with Gasteiger partial charge in [0.15, 0.2) is 18.7 Å². The molecule has 2 amide bonds. The monoisotopic (exact) mass is 1070 g/mol. The average molecular weight is 1070 g/mol. The van der Waals surface area contributed by atoms with Crippen molar-refractivity contribution in [2.45, 2.75) is 130 Å². The van der Waals surface area contributed by atoms with Gasteiger partial charge in [0.25, 0.3) is 0 Å². The molecule has 15 atom stereocenters.